The number of para-hydroxylation sites is 3. The first-order chi connectivity index (χ1) is 25.8. The first kappa shape index (κ1) is 29.6. The Bertz CT molecular complexity index is 2630. The molecule has 250 valence electrons. The molecule has 11 rings (SSSR count). The number of aromatic nitrogens is 2. The van der Waals surface area contributed by atoms with E-state index >= 15 is 0 Å². The first-order valence-corrected chi connectivity index (χ1v) is 18.4. The molecular formula is C48H36N2O2. The summed E-state index contributed by atoms with van der Waals surface area (Å²) in [6.45, 7) is 0. The Morgan fingerprint density at radius 3 is 2.48 bits per heavy atom. The van der Waals surface area contributed by atoms with Crippen LogP contribution in [0.3, 0.4) is 0 Å². The number of ether oxygens (including phenoxy) is 2. The summed E-state index contributed by atoms with van der Waals surface area (Å²) in [4.78, 5) is 4.71. The van der Waals surface area contributed by atoms with Gasteiger partial charge in [0.25, 0.3) is 0 Å². The van der Waals surface area contributed by atoms with E-state index in [0.29, 0.717) is 0 Å². The van der Waals surface area contributed by atoms with E-state index in [2.05, 4.69) is 156 Å². The van der Waals surface area contributed by atoms with Crippen LogP contribution in [0.2, 0.25) is 0 Å². The van der Waals surface area contributed by atoms with E-state index in [4.69, 9.17) is 14.5 Å². The van der Waals surface area contributed by atoms with Crippen LogP contribution in [0.15, 0.2) is 175 Å². The van der Waals surface area contributed by atoms with Crippen LogP contribution in [-0.4, -0.2) is 15.7 Å². The summed E-state index contributed by atoms with van der Waals surface area (Å²) < 4.78 is 16.5. The number of rotatable bonds is 3. The number of allylic oxidation sites excluding steroid dienone is 9. The highest BCUT2D eigenvalue weighted by Gasteiger charge is 2.56. The van der Waals surface area contributed by atoms with Crippen LogP contribution >= 0.6 is 0 Å². The van der Waals surface area contributed by atoms with Crippen LogP contribution < -0.4 is 4.74 Å². The molecular weight excluding hydrogens is 637 g/mol. The highest BCUT2D eigenvalue weighted by Crippen LogP contribution is 2.62. The van der Waals surface area contributed by atoms with Crippen molar-refractivity contribution in [2.45, 2.75) is 36.8 Å². The highest BCUT2D eigenvalue weighted by atomic mass is 16.5. The third-order valence-corrected chi connectivity index (χ3v) is 11.8. The van der Waals surface area contributed by atoms with Crippen molar-refractivity contribution in [3.05, 3.63) is 192 Å². The molecule has 0 saturated heterocycles. The lowest BCUT2D eigenvalue weighted by Crippen LogP contribution is -2.50. The molecule has 4 atom stereocenters. The second kappa shape index (κ2) is 11.4. The zero-order chi connectivity index (χ0) is 34.2. The molecule has 0 N–H and O–H groups in total. The Morgan fingerprint density at radius 2 is 1.56 bits per heavy atom. The lowest BCUT2D eigenvalue weighted by atomic mass is 9.55. The van der Waals surface area contributed by atoms with Gasteiger partial charge in [0.1, 0.15) is 23.4 Å². The van der Waals surface area contributed by atoms with Gasteiger partial charge in [0.2, 0.25) is 0 Å². The molecule has 4 heterocycles. The molecule has 0 amide bonds. The van der Waals surface area contributed by atoms with Crippen LogP contribution in [0, 0.1) is 5.92 Å². The van der Waals surface area contributed by atoms with Crippen LogP contribution in [-0.2, 0) is 10.2 Å². The quantitative estimate of drug-likeness (QED) is 0.188. The van der Waals surface area contributed by atoms with E-state index in [1.807, 2.05) is 12.3 Å². The predicted octanol–water partition coefficient (Wildman–Crippen LogP) is 11.6. The fourth-order valence-corrected chi connectivity index (χ4v) is 9.71. The molecule has 52 heavy (non-hydrogen) atoms. The summed E-state index contributed by atoms with van der Waals surface area (Å²) in [6.07, 6.45) is 24.6. The molecule has 4 aromatic carbocycles. The standard InChI is InChI=1S/C48H36N2O2/c1-2-13-33(14-3-1)50-42-21-7-4-15-35(42)36-17-12-16-34(47(36)50)31-24-26-39-45(29-31)51-43-22-8-5-18-37(43)48(39)38-19-6-9-23-44(38)52-46-30-32(25-27-40(46)48)41-20-10-11-28-49-41/h1-13,15-24,26,28-30,33,38,44H,14,25,27H2. The molecule has 2 aromatic heterocycles. The van der Waals surface area contributed by atoms with Gasteiger partial charge in [-0.25, -0.2) is 0 Å². The zero-order valence-corrected chi connectivity index (χ0v) is 28.7. The van der Waals surface area contributed by atoms with Crippen molar-refractivity contribution in [1.29, 1.82) is 0 Å². The van der Waals surface area contributed by atoms with Gasteiger partial charge in [-0.05, 0) is 78.5 Å². The maximum absolute atomic E-state index is 6.98. The number of benzene rings is 4. The van der Waals surface area contributed by atoms with Gasteiger partial charge in [-0.1, -0.05) is 115 Å². The molecule has 0 radical (unpaired) electrons. The Morgan fingerprint density at radius 1 is 0.712 bits per heavy atom. The maximum atomic E-state index is 6.98. The number of pyridine rings is 1. The van der Waals surface area contributed by atoms with E-state index in [0.717, 1.165) is 47.8 Å². The molecule has 0 saturated carbocycles. The lowest BCUT2D eigenvalue weighted by molar-refractivity contribution is 0.0706. The fraction of sp³-hybridized carbons (Fsp3) is 0.146. The van der Waals surface area contributed by atoms with Crippen LogP contribution in [0.5, 0.6) is 11.5 Å². The van der Waals surface area contributed by atoms with E-state index in [9.17, 15) is 0 Å². The topological polar surface area (TPSA) is 36.3 Å². The smallest absolute Gasteiger partial charge is 0.132 e. The fourth-order valence-electron chi connectivity index (χ4n) is 9.71. The third-order valence-electron chi connectivity index (χ3n) is 11.8. The Balaban J connectivity index is 1.15. The molecule has 4 heteroatoms. The number of hydrogen-bond acceptors (Lipinski definition) is 3. The van der Waals surface area contributed by atoms with Crippen molar-refractivity contribution in [1.82, 2.24) is 9.55 Å². The normalized spacial score (nSPS) is 23.8. The second-order valence-electron chi connectivity index (χ2n) is 14.4. The molecule has 0 bridgehead atoms. The number of fused-ring (bicyclic) bond motifs is 10. The average molecular weight is 673 g/mol. The summed E-state index contributed by atoms with van der Waals surface area (Å²) in [6, 6.07) is 37.6. The molecule has 0 fully saturated rings. The average Bonchev–Trinajstić information content (AvgIpc) is 3.56. The first-order valence-electron chi connectivity index (χ1n) is 18.4. The molecule has 6 aromatic rings. The van der Waals surface area contributed by atoms with Gasteiger partial charge >= 0.3 is 0 Å². The molecule has 4 nitrogen and oxygen atoms in total. The summed E-state index contributed by atoms with van der Waals surface area (Å²) in [5.41, 5.74) is 10.4. The van der Waals surface area contributed by atoms with Gasteiger partial charge < -0.3 is 14.0 Å². The largest absolute Gasteiger partial charge is 0.486 e. The van der Waals surface area contributed by atoms with Crippen molar-refractivity contribution in [3.63, 3.8) is 0 Å². The summed E-state index contributed by atoms with van der Waals surface area (Å²) in [7, 11) is 0. The van der Waals surface area contributed by atoms with Crippen molar-refractivity contribution in [2.75, 3.05) is 0 Å². The van der Waals surface area contributed by atoms with Crippen molar-refractivity contribution >= 4 is 27.4 Å². The summed E-state index contributed by atoms with van der Waals surface area (Å²) in [5.74, 6) is 2.84. The van der Waals surface area contributed by atoms with Gasteiger partial charge in [-0.2, -0.15) is 0 Å². The zero-order valence-electron chi connectivity index (χ0n) is 28.7. The van der Waals surface area contributed by atoms with Crippen LogP contribution in [0.4, 0.5) is 0 Å². The van der Waals surface area contributed by atoms with Gasteiger partial charge in [-0.3, -0.25) is 4.98 Å². The minimum absolute atomic E-state index is 0.0628. The molecule has 1 spiro atoms. The lowest BCUT2D eigenvalue weighted by Gasteiger charge is -2.52. The van der Waals surface area contributed by atoms with Gasteiger partial charge in [-0.15, -0.1) is 0 Å². The molecule has 3 aliphatic carbocycles. The predicted molar refractivity (Wildman–Crippen MR) is 209 cm³/mol. The van der Waals surface area contributed by atoms with E-state index in [1.54, 1.807) is 0 Å². The Labute approximate surface area is 303 Å². The Hall–Kier alpha value is -6.13. The Kier molecular flexibility index (Phi) is 6.51. The van der Waals surface area contributed by atoms with Gasteiger partial charge in [0, 0.05) is 45.1 Å². The van der Waals surface area contributed by atoms with Crippen molar-refractivity contribution in [3.8, 4) is 22.6 Å². The van der Waals surface area contributed by atoms with Gasteiger partial charge in [0.15, 0.2) is 0 Å². The third kappa shape index (κ3) is 4.18. The summed E-state index contributed by atoms with van der Waals surface area (Å²) >= 11 is 0. The number of nitrogens with zero attached hydrogens (tertiary/aromatic N) is 2. The molecule has 4 unspecified atom stereocenters. The monoisotopic (exact) mass is 672 g/mol. The summed E-state index contributed by atoms with van der Waals surface area (Å²) in [5, 5.41) is 2.56. The van der Waals surface area contributed by atoms with Crippen molar-refractivity contribution in [2.24, 2.45) is 5.92 Å². The van der Waals surface area contributed by atoms with E-state index < -0.39 is 5.41 Å². The van der Waals surface area contributed by atoms with Crippen LogP contribution in [0.25, 0.3) is 38.5 Å². The van der Waals surface area contributed by atoms with Gasteiger partial charge in [0.05, 0.1) is 22.7 Å². The van der Waals surface area contributed by atoms with E-state index in [-0.39, 0.29) is 18.1 Å². The SMILES string of the molecule is C1=CCC(n2c3ccccc3c3cccc(-c4ccc5c(c4)Oc4ccccc4C54C5=C(C=C(c6ccccn6)CC5)OC5C=CC=CC54)c32)C=C1. The van der Waals surface area contributed by atoms with Crippen LogP contribution in [0.1, 0.15) is 42.1 Å². The van der Waals surface area contributed by atoms with Crippen molar-refractivity contribution < 1.29 is 9.47 Å². The number of hydrogen-bond donors (Lipinski definition) is 0. The molecule has 5 aliphatic rings. The minimum atomic E-state index is -0.464. The highest BCUT2D eigenvalue weighted by molar-refractivity contribution is 6.13. The minimum Gasteiger partial charge on any atom is -0.486 e. The second-order valence-corrected chi connectivity index (χ2v) is 14.4. The maximum Gasteiger partial charge on any atom is 0.132 e. The molecule has 2 aliphatic heterocycles. The van der Waals surface area contributed by atoms with E-state index in [1.165, 1.54) is 49.6 Å².